The SMILES string of the molecule is CCN(CC(C)C(N)=S)S(=O)(=O)CS(C)(=O)=O. The molecule has 0 fully saturated rings. The molecule has 0 spiro atoms. The van der Waals surface area contributed by atoms with Gasteiger partial charge in [0, 0.05) is 25.3 Å². The molecule has 0 aromatic heterocycles. The minimum absolute atomic E-state index is 0.101. The number of hydrogen-bond acceptors (Lipinski definition) is 5. The van der Waals surface area contributed by atoms with E-state index in [0.717, 1.165) is 10.6 Å². The van der Waals surface area contributed by atoms with E-state index in [1.807, 2.05) is 0 Å². The average Bonchev–Trinajstić information content (AvgIpc) is 2.08. The summed E-state index contributed by atoms with van der Waals surface area (Å²) in [7, 11) is -7.42. The molecular weight excluding hydrogens is 284 g/mol. The molecule has 9 heteroatoms. The van der Waals surface area contributed by atoms with E-state index in [9.17, 15) is 16.8 Å². The fraction of sp³-hybridized carbons (Fsp3) is 0.875. The third-order valence-corrected chi connectivity index (χ3v) is 6.57. The molecule has 17 heavy (non-hydrogen) atoms. The van der Waals surface area contributed by atoms with E-state index in [1.165, 1.54) is 0 Å². The quantitative estimate of drug-likeness (QED) is 0.640. The van der Waals surface area contributed by atoms with Crippen LogP contribution in [0, 0.1) is 5.92 Å². The first-order chi connectivity index (χ1) is 7.49. The Morgan fingerprint density at radius 1 is 1.35 bits per heavy atom. The maximum atomic E-state index is 11.8. The van der Waals surface area contributed by atoms with E-state index >= 15 is 0 Å². The van der Waals surface area contributed by atoms with Gasteiger partial charge in [0.15, 0.2) is 14.9 Å². The van der Waals surface area contributed by atoms with Crippen molar-refractivity contribution >= 4 is 37.1 Å². The normalized spacial score (nSPS) is 14.8. The number of sulfone groups is 1. The lowest BCUT2D eigenvalue weighted by atomic mass is 10.2. The number of thiocarbonyl (C=S) groups is 1. The van der Waals surface area contributed by atoms with E-state index in [4.69, 9.17) is 18.0 Å². The minimum atomic E-state index is -3.83. The molecule has 1 atom stereocenters. The highest BCUT2D eigenvalue weighted by atomic mass is 32.3. The molecule has 0 amide bonds. The van der Waals surface area contributed by atoms with Crippen LogP contribution in [0.2, 0.25) is 0 Å². The summed E-state index contributed by atoms with van der Waals surface area (Å²) in [6, 6.07) is 0. The molecular formula is C8H18N2O4S3. The number of hydrogen-bond donors (Lipinski definition) is 1. The molecule has 0 aromatic carbocycles. The van der Waals surface area contributed by atoms with Crippen LogP contribution in [-0.2, 0) is 19.9 Å². The number of rotatable bonds is 7. The third kappa shape index (κ3) is 6.29. The number of sulfonamides is 1. The van der Waals surface area contributed by atoms with Gasteiger partial charge in [-0.15, -0.1) is 0 Å². The van der Waals surface area contributed by atoms with Crippen LogP contribution in [0.25, 0.3) is 0 Å². The Morgan fingerprint density at radius 3 is 2.12 bits per heavy atom. The Labute approximate surface area is 108 Å². The van der Waals surface area contributed by atoms with Gasteiger partial charge in [-0.1, -0.05) is 26.1 Å². The molecule has 0 rings (SSSR count). The topological polar surface area (TPSA) is 97.5 Å². The fourth-order valence-electron chi connectivity index (χ4n) is 1.18. The summed E-state index contributed by atoms with van der Waals surface area (Å²) < 4.78 is 46.7. The Morgan fingerprint density at radius 2 is 1.82 bits per heavy atom. The van der Waals surface area contributed by atoms with Crippen LogP contribution in [0.1, 0.15) is 13.8 Å². The summed E-state index contributed by atoms with van der Waals surface area (Å²) in [5.74, 6) is -0.292. The van der Waals surface area contributed by atoms with Gasteiger partial charge in [0.1, 0.15) is 0 Å². The molecule has 0 aliphatic carbocycles. The van der Waals surface area contributed by atoms with Crippen LogP contribution in [0.4, 0.5) is 0 Å². The van der Waals surface area contributed by atoms with Gasteiger partial charge in [0.25, 0.3) is 0 Å². The summed E-state index contributed by atoms with van der Waals surface area (Å²) in [6.45, 7) is 3.61. The van der Waals surface area contributed by atoms with Crippen LogP contribution in [-0.4, -0.2) is 50.6 Å². The average molecular weight is 302 g/mol. The highest BCUT2D eigenvalue weighted by Crippen LogP contribution is 2.09. The van der Waals surface area contributed by atoms with Crippen molar-refractivity contribution in [2.45, 2.75) is 13.8 Å². The van der Waals surface area contributed by atoms with Gasteiger partial charge in [-0.25, -0.2) is 21.1 Å². The molecule has 102 valence electrons. The fourth-order valence-corrected chi connectivity index (χ4v) is 4.86. The third-order valence-electron chi connectivity index (χ3n) is 2.07. The summed E-state index contributed by atoms with van der Waals surface area (Å²) in [6.07, 6.45) is 0.884. The molecule has 0 heterocycles. The van der Waals surface area contributed by atoms with E-state index in [0.29, 0.717) is 0 Å². The Hall–Kier alpha value is -0.250. The molecule has 0 aliphatic rings. The first kappa shape index (κ1) is 16.8. The monoisotopic (exact) mass is 302 g/mol. The lowest BCUT2D eigenvalue weighted by molar-refractivity contribution is 0.408. The second-order valence-electron chi connectivity index (χ2n) is 3.91. The smallest absolute Gasteiger partial charge is 0.228 e. The molecule has 6 nitrogen and oxygen atoms in total. The predicted octanol–water partition coefficient (Wildman–Crippen LogP) is -0.438. The Bertz CT molecular complexity index is 469. The largest absolute Gasteiger partial charge is 0.393 e. The van der Waals surface area contributed by atoms with Crippen molar-refractivity contribution in [1.29, 1.82) is 0 Å². The van der Waals surface area contributed by atoms with Crippen molar-refractivity contribution in [2.75, 3.05) is 24.4 Å². The predicted molar refractivity (Wildman–Crippen MR) is 71.8 cm³/mol. The van der Waals surface area contributed by atoms with Gasteiger partial charge in [-0.05, 0) is 0 Å². The van der Waals surface area contributed by atoms with Crippen LogP contribution in [0.5, 0.6) is 0 Å². The zero-order valence-corrected chi connectivity index (χ0v) is 12.5. The van der Waals surface area contributed by atoms with Crippen molar-refractivity contribution in [1.82, 2.24) is 4.31 Å². The zero-order valence-electron chi connectivity index (χ0n) is 10.1. The maximum absolute atomic E-state index is 11.8. The second kappa shape index (κ2) is 6.07. The van der Waals surface area contributed by atoms with Crippen molar-refractivity contribution in [3.63, 3.8) is 0 Å². The van der Waals surface area contributed by atoms with Crippen LogP contribution >= 0.6 is 12.2 Å². The molecule has 0 aliphatic heterocycles. The first-order valence-corrected chi connectivity index (χ1v) is 9.02. The molecule has 0 radical (unpaired) electrons. The summed E-state index contributed by atoms with van der Waals surface area (Å²) in [5, 5.41) is -0.891. The van der Waals surface area contributed by atoms with Crippen molar-refractivity contribution in [3.8, 4) is 0 Å². The lowest BCUT2D eigenvalue weighted by Gasteiger charge is -2.22. The van der Waals surface area contributed by atoms with Crippen LogP contribution in [0.3, 0.4) is 0 Å². The molecule has 0 saturated carbocycles. The highest BCUT2D eigenvalue weighted by Gasteiger charge is 2.27. The molecule has 2 N–H and O–H groups in total. The van der Waals surface area contributed by atoms with Gasteiger partial charge in [0.2, 0.25) is 10.0 Å². The Kier molecular flexibility index (Phi) is 5.99. The van der Waals surface area contributed by atoms with Crippen LogP contribution < -0.4 is 5.73 Å². The van der Waals surface area contributed by atoms with E-state index in [2.05, 4.69) is 0 Å². The second-order valence-corrected chi connectivity index (χ2v) is 8.86. The zero-order chi connectivity index (χ0) is 13.9. The minimum Gasteiger partial charge on any atom is -0.393 e. The standard InChI is InChI=1S/C8H18N2O4S3/c1-4-10(5-7(2)8(9)15)17(13,14)6-16(3,11)12/h7H,4-6H2,1-3H3,(H2,9,15). The lowest BCUT2D eigenvalue weighted by Crippen LogP contribution is -2.40. The first-order valence-electron chi connectivity index (χ1n) is 4.94. The van der Waals surface area contributed by atoms with Gasteiger partial charge >= 0.3 is 0 Å². The molecule has 1 unspecified atom stereocenters. The van der Waals surface area contributed by atoms with E-state index in [1.54, 1.807) is 13.8 Å². The molecule has 0 saturated heterocycles. The summed E-state index contributed by atoms with van der Waals surface area (Å²) >= 11 is 4.76. The Balaban J connectivity index is 4.95. The van der Waals surface area contributed by atoms with E-state index < -0.39 is 24.9 Å². The van der Waals surface area contributed by atoms with Crippen molar-refractivity contribution in [3.05, 3.63) is 0 Å². The highest BCUT2D eigenvalue weighted by molar-refractivity contribution is 8.06. The van der Waals surface area contributed by atoms with Gasteiger partial charge in [-0.2, -0.15) is 0 Å². The van der Waals surface area contributed by atoms with Gasteiger partial charge < -0.3 is 5.73 Å². The van der Waals surface area contributed by atoms with Gasteiger partial charge in [-0.3, -0.25) is 0 Å². The molecule has 0 aromatic rings. The number of nitrogens with two attached hydrogens (primary N) is 1. The van der Waals surface area contributed by atoms with Crippen molar-refractivity contribution in [2.24, 2.45) is 11.7 Å². The summed E-state index contributed by atoms with van der Waals surface area (Å²) in [5.41, 5.74) is 5.40. The van der Waals surface area contributed by atoms with Gasteiger partial charge in [0.05, 0.1) is 4.99 Å². The summed E-state index contributed by atoms with van der Waals surface area (Å²) in [4.78, 5) is 0.206. The maximum Gasteiger partial charge on any atom is 0.228 e. The number of nitrogens with zero attached hydrogens (tertiary/aromatic N) is 1. The van der Waals surface area contributed by atoms with E-state index in [-0.39, 0.29) is 24.0 Å². The molecule has 0 bridgehead atoms. The van der Waals surface area contributed by atoms with Crippen molar-refractivity contribution < 1.29 is 16.8 Å². The van der Waals surface area contributed by atoms with Crippen LogP contribution in [0.15, 0.2) is 0 Å².